The topological polar surface area (TPSA) is 45.5 Å². The maximum atomic E-state index is 13.0. The summed E-state index contributed by atoms with van der Waals surface area (Å²) >= 11 is 0. The highest BCUT2D eigenvalue weighted by Crippen LogP contribution is 2.42. The van der Waals surface area contributed by atoms with Crippen LogP contribution >= 0.6 is 0 Å². The molecule has 5 nitrogen and oxygen atoms in total. The van der Waals surface area contributed by atoms with E-state index in [-0.39, 0.29) is 23.3 Å². The Balaban J connectivity index is 1.52. The van der Waals surface area contributed by atoms with Gasteiger partial charge in [-0.3, -0.25) is 9.59 Å². The second-order valence-corrected chi connectivity index (χ2v) is 7.98. The zero-order valence-electron chi connectivity index (χ0n) is 14.7. The van der Waals surface area contributed by atoms with Gasteiger partial charge in [0, 0.05) is 37.9 Å². The highest BCUT2D eigenvalue weighted by molar-refractivity contribution is 5.94. The van der Waals surface area contributed by atoms with E-state index in [1.165, 1.54) is 12.8 Å². The van der Waals surface area contributed by atoms with Crippen molar-refractivity contribution in [3.8, 4) is 0 Å². The maximum absolute atomic E-state index is 13.0. The molecule has 0 radical (unpaired) electrons. The molecule has 0 aromatic carbocycles. The fourth-order valence-corrected chi connectivity index (χ4v) is 4.43. The summed E-state index contributed by atoms with van der Waals surface area (Å²) in [4.78, 5) is 29.9. The Morgan fingerprint density at radius 1 is 1.25 bits per heavy atom. The Labute approximate surface area is 143 Å². The first-order chi connectivity index (χ1) is 11.5. The number of carbonyl (C=O) groups is 2. The van der Waals surface area contributed by atoms with E-state index in [4.69, 9.17) is 0 Å². The van der Waals surface area contributed by atoms with E-state index in [1.54, 1.807) is 0 Å². The van der Waals surface area contributed by atoms with Crippen LogP contribution in [0.1, 0.15) is 62.5 Å². The first kappa shape index (κ1) is 15.7. The van der Waals surface area contributed by atoms with Crippen LogP contribution in [0.3, 0.4) is 0 Å². The molecule has 1 saturated carbocycles. The van der Waals surface area contributed by atoms with Crippen molar-refractivity contribution in [1.82, 2.24) is 14.4 Å². The van der Waals surface area contributed by atoms with Gasteiger partial charge in [0.05, 0.1) is 5.41 Å². The van der Waals surface area contributed by atoms with E-state index in [9.17, 15) is 9.59 Å². The Morgan fingerprint density at radius 2 is 2.04 bits per heavy atom. The summed E-state index contributed by atoms with van der Waals surface area (Å²) in [7, 11) is 0. The van der Waals surface area contributed by atoms with Crippen LogP contribution in [0.4, 0.5) is 0 Å². The lowest BCUT2D eigenvalue weighted by molar-refractivity contribution is -0.147. The molecule has 2 saturated heterocycles. The highest BCUT2D eigenvalue weighted by atomic mass is 16.2. The van der Waals surface area contributed by atoms with Crippen LogP contribution in [0.25, 0.3) is 0 Å². The van der Waals surface area contributed by atoms with Gasteiger partial charge in [-0.25, -0.2) is 0 Å². The van der Waals surface area contributed by atoms with Crippen LogP contribution in [-0.2, 0) is 4.79 Å². The Morgan fingerprint density at radius 3 is 2.75 bits per heavy atom. The quantitative estimate of drug-likeness (QED) is 0.856. The van der Waals surface area contributed by atoms with Crippen molar-refractivity contribution >= 4 is 11.8 Å². The first-order valence-corrected chi connectivity index (χ1v) is 9.29. The van der Waals surface area contributed by atoms with E-state index < -0.39 is 0 Å². The lowest BCUT2D eigenvalue weighted by atomic mass is 9.78. The van der Waals surface area contributed by atoms with E-state index in [2.05, 4.69) is 18.4 Å². The zero-order chi connectivity index (χ0) is 16.9. The molecule has 130 valence electrons. The molecule has 4 rings (SSSR count). The van der Waals surface area contributed by atoms with Crippen LogP contribution < -0.4 is 0 Å². The molecule has 1 atom stereocenters. The molecule has 3 fully saturated rings. The molecule has 3 aliphatic rings. The molecule has 2 amide bonds. The van der Waals surface area contributed by atoms with Crippen molar-refractivity contribution in [2.24, 2.45) is 5.41 Å². The molecule has 24 heavy (non-hydrogen) atoms. The first-order valence-electron chi connectivity index (χ1n) is 9.29. The van der Waals surface area contributed by atoms with E-state index in [0.29, 0.717) is 19.1 Å². The second kappa shape index (κ2) is 5.64. The van der Waals surface area contributed by atoms with Crippen LogP contribution in [0.5, 0.6) is 0 Å². The van der Waals surface area contributed by atoms with E-state index in [0.717, 1.165) is 31.5 Å². The minimum Gasteiger partial charge on any atom is -0.340 e. The summed E-state index contributed by atoms with van der Waals surface area (Å²) in [5.41, 5.74) is 0.452. The molecule has 0 N–H and O–H groups in total. The van der Waals surface area contributed by atoms with Gasteiger partial charge < -0.3 is 14.4 Å². The van der Waals surface area contributed by atoms with E-state index >= 15 is 0 Å². The van der Waals surface area contributed by atoms with Crippen LogP contribution in [0, 0.1) is 5.41 Å². The largest absolute Gasteiger partial charge is 0.340 e. The van der Waals surface area contributed by atoms with Gasteiger partial charge in [-0.2, -0.15) is 0 Å². The molecule has 2 aliphatic heterocycles. The van der Waals surface area contributed by atoms with Crippen molar-refractivity contribution in [3.05, 3.63) is 24.0 Å². The molecule has 1 aromatic heterocycles. The molecule has 5 heteroatoms. The Bertz CT molecular complexity index is 661. The lowest BCUT2D eigenvalue weighted by Gasteiger charge is -2.41. The van der Waals surface area contributed by atoms with E-state index in [1.807, 2.05) is 28.1 Å². The van der Waals surface area contributed by atoms with Crippen LogP contribution in [-0.4, -0.2) is 51.9 Å². The molecule has 1 aliphatic carbocycles. The number of likely N-dealkylation sites (tertiary alicyclic amines) is 2. The molecule has 1 aromatic rings. The number of nitrogens with zero attached hydrogens (tertiary/aromatic N) is 3. The number of amides is 2. The van der Waals surface area contributed by atoms with Gasteiger partial charge in [-0.05, 0) is 58.1 Å². The van der Waals surface area contributed by atoms with Gasteiger partial charge >= 0.3 is 0 Å². The summed E-state index contributed by atoms with van der Waals surface area (Å²) < 4.78 is 2.12. The minimum absolute atomic E-state index is 0.0956. The minimum atomic E-state index is -0.338. The Kier molecular flexibility index (Phi) is 3.70. The number of rotatable bonds is 3. The van der Waals surface area contributed by atoms with Crippen molar-refractivity contribution in [3.63, 3.8) is 0 Å². The standard InChI is InChI=1S/C19H27N3O2/c1-14(2)21-11-4-8-19(18(21)24)9-12-20(13-19)17(23)16-5-3-10-22(16)15-6-7-15/h3,5,10,14-15H,4,6-9,11-13H2,1-2H3. The SMILES string of the molecule is CC(C)N1CCCC2(CCN(C(=O)c3cccn3C3CC3)C2)C1=O. The third-order valence-corrected chi connectivity index (χ3v) is 5.97. The van der Waals surface area contributed by atoms with Gasteiger partial charge in [0.15, 0.2) is 0 Å². The normalized spacial score (nSPS) is 27.5. The van der Waals surface area contributed by atoms with Crippen molar-refractivity contribution in [2.45, 2.75) is 58.0 Å². The maximum Gasteiger partial charge on any atom is 0.270 e. The third-order valence-electron chi connectivity index (χ3n) is 5.97. The van der Waals surface area contributed by atoms with Gasteiger partial charge in [0.2, 0.25) is 5.91 Å². The average molecular weight is 329 g/mol. The second-order valence-electron chi connectivity index (χ2n) is 7.98. The highest BCUT2D eigenvalue weighted by Gasteiger charge is 2.50. The fourth-order valence-electron chi connectivity index (χ4n) is 4.43. The molecule has 3 heterocycles. The lowest BCUT2D eigenvalue weighted by Crippen LogP contribution is -2.52. The monoisotopic (exact) mass is 329 g/mol. The zero-order valence-corrected chi connectivity index (χ0v) is 14.7. The number of piperidine rings is 1. The predicted octanol–water partition coefficient (Wildman–Crippen LogP) is 2.69. The molecular formula is C19H27N3O2. The van der Waals surface area contributed by atoms with Gasteiger partial charge in [0.25, 0.3) is 5.91 Å². The smallest absolute Gasteiger partial charge is 0.270 e. The molecule has 0 bridgehead atoms. The van der Waals surface area contributed by atoms with Crippen molar-refractivity contribution in [1.29, 1.82) is 0 Å². The summed E-state index contributed by atoms with van der Waals surface area (Å²) in [6.45, 7) is 6.31. The number of hydrogen-bond acceptors (Lipinski definition) is 2. The van der Waals surface area contributed by atoms with Crippen LogP contribution in [0.2, 0.25) is 0 Å². The van der Waals surface area contributed by atoms with Crippen LogP contribution in [0.15, 0.2) is 18.3 Å². The third kappa shape index (κ3) is 2.45. The summed E-state index contributed by atoms with van der Waals surface area (Å²) in [6, 6.07) is 4.63. The average Bonchev–Trinajstić information content (AvgIpc) is 3.13. The molecular weight excluding hydrogens is 302 g/mol. The summed E-state index contributed by atoms with van der Waals surface area (Å²) in [5.74, 6) is 0.356. The van der Waals surface area contributed by atoms with Crippen molar-refractivity contribution in [2.75, 3.05) is 19.6 Å². The van der Waals surface area contributed by atoms with Gasteiger partial charge in [0.1, 0.15) is 5.69 Å². The Hall–Kier alpha value is -1.78. The number of hydrogen-bond donors (Lipinski definition) is 0. The summed E-state index contributed by atoms with van der Waals surface area (Å²) in [5, 5.41) is 0. The number of aromatic nitrogens is 1. The predicted molar refractivity (Wildman–Crippen MR) is 91.7 cm³/mol. The van der Waals surface area contributed by atoms with Gasteiger partial charge in [-0.1, -0.05) is 0 Å². The fraction of sp³-hybridized carbons (Fsp3) is 0.684. The molecule has 1 spiro atoms. The van der Waals surface area contributed by atoms with Gasteiger partial charge in [-0.15, -0.1) is 0 Å². The van der Waals surface area contributed by atoms with Crippen molar-refractivity contribution < 1.29 is 9.59 Å². The number of carbonyl (C=O) groups excluding carboxylic acids is 2. The molecule has 1 unspecified atom stereocenters. The summed E-state index contributed by atoms with van der Waals surface area (Å²) in [6.07, 6.45) is 7.13.